The summed E-state index contributed by atoms with van der Waals surface area (Å²) in [5.74, 6) is 1.47. The second-order valence-electron chi connectivity index (χ2n) is 5.34. The number of para-hydroxylation sites is 2. The van der Waals surface area contributed by atoms with E-state index in [0.717, 1.165) is 16.9 Å². The van der Waals surface area contributed by atoms with Gasteiger partial charge in [-0.05, 0) is 42.8 Å². The van der Waals surface area contributed by atoms with Crippen LogP contribution in [0.5, 0.6) is 17.4 Å². The summed E-state index contributed by atoms with van der Waals surface area (Å²) in [4.78, 5) is 16.3. The quantitative estimate of drug-likeness (QED) is 0.519. The summed E-state index contributed by atoms with van der Waals surface area (Å²) in [5, 5.41) is 0. The van der Waals surface area contributed by atoms with Gasteiger partial charge in [0.25, 0.3) is 0 Å². The Bertz CT molecular complexity index is 817. The van der Waals surface area contributed by atoms with E-state index in [2.05, 4.69) is 4.98 Å². The lowest BCUT2D eigenvalue weighted by Crippen LogP contribution is -2.11. The number of aromatic nitrogens is 1. The number of carbonyl (C=O) groups is 1. The fourth-order valence-electron chi connectivity index (χ4n) is 2.25. The fourth-order valence-corrected chi connectivity index (χ4v) is 2.25. The predicted octanol–water partition coefficient (Wildman–Crippen LogP) is 4.33. The van der Waals surface area contributed by atoms with Crippen molar-refractivity contribution in [3.8, 4) is 17.4 Å². The van der Waals surface area contributed by atoms with Crippen LogP contribution in [0, 0.1) is 6.92 Å². The zero-order valence-electron chi connectivity index (χ0n) is 13.3. The molecule has 1 aromatic heterocycles. The van der Waals surface area contributed by atoms with E-state index in [1.54, 1.807) is 18.3 Å². The Hall–Kier alpha value is -3.14. The number of hydrogen-bond acceptors (Lipinski definition) is 4. The van der Waals surface area contributed by atoms with E-state index in [-0.39, 0.29) is 12.4 Å². The van der Waals surface area contributed by atoms with Crippen molar-refractivity contribution in [2.75, 3.05) is 0 Å². The molecule has 3 rings (SSSR count). The average Bonchev–Trinajstić information content (AvgIpc) is 2.59. The summed E-state index contributed by atoms with van der Waals surface area (Å²) < 4.78 is 11.0. The Morgan fingerprint density at radius 2 is 1.58 bits per heavy atom. The molecule has 3 aromatic rings. The maximum atomic E-state index is 12.0. The van der Waals surface area contributed by atoms with E-state index in [1.165, 1.54) is 0 Å². The molecule has 0 unspecified atom stereocenters. The van der Waals surface area contributed by atoms with E-state index in [9.17, 15) is 4.79 Å². The first-order valence-corrected chi connectivity index (χ1v) is 7.65. The topological polar surface area (TPSA) is 48.4 Å². The number of carbonyl (C=O) groups excluding carboxylic acids is 1. The van der Waals surface area contributed by atoms with E-state index in [4.69, 9.17) is 9.47 Å². The standard InChI is InChI=1S/C20H17NO3/c1-15-12-16(13-19(22)23-17-8-4-2-5-9-17)14-21-20(15)24-18-10-6-3-7-11-18/h2-12,14H,13H2,1H3. The molecule has 0 spiro atoms. The minimum Gasteiger partial charge on any atom is -0.439 e. The van der Waals surface area contributed by atoms with Gasteiger partial charge in [-0.3, -0.25) is 4.79 Å². The second kappa shape index (κ2) is 7.42. The van der Waals surface area contributed by atoms with Crippen LogP contribution in [0.2, 0.25) is 0 Å². The Balaban J connectivity index is 1.65. The predicted molar refractivity (Wildman–Crippen MR) is 91.3 cm³/mol. The smallest absolute Gasteiger partial charge is 0.315 e. The number of pyridine rings is 1. The normalized spacial score (nSPS) is 10.2. The van der Waals surface area contributed by atoms with Crippen LogP contribution in [0.3, 0.4) is 0 Å². The Morgan fingerprint density at radius 3 is 2.21 bits per heavy atom. The third-order valence-corrected chi connectivity index (χ3v) is 3.37. The van der Waals surface area contributed by atoms with Crippen LogP contribution in [-0.2, 0) is 11.2 Å². The van der Waals surface area contributed by atoms with Gasteiger partial charge in [-0.2, -0.15) is 0 Å². The highest BCUT2D eigenvalue weighted by atomic mass is 16.5. The van der Waals surface area contributed by atoms with Crippen LogP contribution in [0.15, 0.2) is 72.9 Å². The molecule has 24 heavy (non-hydrogen) atoms. The molecule has 4 nitrogen and oxygen atoms in total. The van der Waals surface area contributed by atoms with Crippen molar-refractivity contribution in [3.63, 3.8) is 0 Å². The molecule has 0 bridgehead atoms. The largest absolute Gasteiger partial charge is 0.439 e. The van der Waals surface area contributed by atoms with Crippen LogP contribution < -0.4 is 9.47 Å². The van der Waals surface area contributed by atoms with Gasteiger partial charge in [-0.25, -0.2) is 4.98 Å². The van der Waals surface area contributed by atoms with Gasteiger partial charge >= 0.3 is 5.97 Å². The van der Waals surface area contributed by atoms with E-state index >= 15 is 0 Å². The van der Waals surface area contributed by atoms with Crippen molar-refractivity contribution in [1.29, 1.82) is 0 Å². The zero-order valence-corrected chi connectivity index (χ0v) is 13.3. The number of aryl methyl sites for hydroxylation is 1. The van der Waals surface area contributed by atoms with Crippen LogP contribution >= 0.6 is 0 Å². The van der Waals surface area contributed by atoms with Crippen LogP contribution in [0.1, 0.15) is 11.1 Å². The molecule has 0 radical (unpaired) electrons. The molecule has 0 saturated heterocycles. The Morgan fingerprint density at radius 1 is 0.958 bits per heavy atom. The number of nitrogens with zero attached hydrogens (tertiary/aromatic N) is 1. The lowest BCUT2D eigenvalue weighted by molar-refractivity contribution is -0.133. The molecular weight excluding hydrogens is 302 g/mol. The third kappa shape index (κ3) is 4.20. The van der Waals surface area contributed by atoms with Gasteiger partial charge in [-0.15, -0.1) is 0 Å². The number of rotatable bonds is 5. The second-order valence-corrected chi connectivity index (χ2v) is 5.34. The highest BCUT2D eigenvalue weighted by Crippen LogP contribution is 2.23. The highest BCUT2D eigenvalue weighted by Gasteiger charge is 2.10. The van der Waals surface area contributed by atoms with Crippen molar-refractivity contribution in [3.05, 3.63) is 84.1 Å². The molecule has 1 heterocycles. The monoisotopic (exact) mass is 319 g/mol. The number of benzene rings is 2. The summed E-state index contributed by atoms with van der Waals surface area (Å²) >= 11 is 0. The molecule has 0 fully saturated rings. The minimum absolute atomic E-state index is 0.161. The van der Waals surface area contributed by atoms with Crippen molar-refractivity contribution in [2.24, 2.45) is 0 Å². The number of hydrogen-bond donors (Lipinski definition) is 0. The van der Waals surface area contributed by atoms with Gasteiger partial charge in [0.2, 0.25) is 5.88 Å². The summed E-state index contributed by atoms with van der Waals surface area (Å²) in [6, 6.07) is 20.4. The van der Waals surface area contributed by atoms with Gasteiger partial charge in [0.1, 0.15) is 11.5 Å². The Kier molecular flexibility index (Phi) is 4.87. The average molecular weight is 319 g/mol. The minimum atomic E-state index is -0.320. The maximum Gasteiger partial charge on any atom is 0.315 e. The zero-order chi connectivity index (χ0) is 16.8. The first kappa shape index (κ1) is 15.7. The van der Waals surface area contributed by atoms with Crippen molar-refractivity contribution < 1.29 is 14.3 Å². The Labute approximate surface area is 140 Å². The molecule has 0 aliphatic heterocycles. The van der Waals surface area contributed by atoms with E-state index < -0.39 is 0 Å². The molecule has 0 N–H and O–H groups in total. The molecule has 120 valence electrons. The fraction of sp³-hybridized carbons (Fsp3) is 0.100. The molecule has 0 amide bonds. The molecule has 2 aromatic carbocycles. The maximum absolute atomic E-state index is 12.0. The van der Waals surface area contributed by atoms with Crippen LogP contribution in [0.25, 0.3) is 0 Å². The highest BCUT2D eigenvalue weighted by molar-refractivity contribution is 5.75. The SMILES string of the molecule is Cc1cc(CC(=O)Oc2ccccc2)cnc1Oc1ccccc1. The van der Waals surface area contributed by atoms with Gasteiger partial charge in [0.05, 0.1) is 6.42 Å². The van der Waals surface area contributed by atoms with Gasteiger partial charge in [-0.1, -0.05) is 36.4 Å². The summed E-state index contributed by atoms with van der Waals surface area (Å²) in [6.07, 6.45) is 1.80. The lowest BCUT2D eigenvalue weighted by atomic mass is 10.1. The van der Waals surface area contributed by atoms with Crippen molar-refractivity contribution in [1.82, 2.24) is 4.98 Å². The van der Waals surface area contributed by atoms with Crippen molar-refractivity contribution >= 4 is 5.97 Å². The molecular formula is C20H17NO3. The number of ether oxygens (including phenoxy) is 2. The first-order valence-electron chi connectivity index (χ1n) is 7.65. The molecule has 4 heteroatoms. The summed E-state index contributed by atoms with van der Waals surface area (Å²) in [5.41, 5.74) is 1.65. The van der Waals surface area contributed by atoms with Gasteiger partial charge < -0.3 is 9.47 Å². The van der Waals surface area contributed by atoms with Gasteiger partial charge in [0.15, 0.2) is 0 Å². The van der Waals surface area contributed by atoms with Crippen LogP contribution in [-0.4, -0.2) is 11.0 Å². The molecule has 0 atom stereocenters. The first-order chi connectivity index (χ1) is 11.7. The van der Waals surface area contributed by atoms with Crippen LogP contribution in [0.4, 0.5) is 0 Å². The summed E-state index contributed by atoms with van der Waals surface area (Å²) in [6.45, 7) is 1.90. The number of esters is 1. The molecule has 0 aliphatic carbocycles. The summed E-state index contributed by atoms with van der Waals surface area (Å²) in [7, 11) is 0. The van der Waals surface area contributed by atoms with Crippen molar-refractivity contribution in [2.45, 2.75) is 13.3 Å². The molecule has 0 saturated carbocycles. The third-order valence-electron chi connectivity index (χ3n) is 3.37. The van der Waals surface area contributed by atoms with Gasteiger partial charge in [0, 0.05) is 11.8 Å². The lowest BCUT2D eigenvalue weighted by Gasteiger charge is -2.09. The molecule has 0 aliphatic rings. The van der Waals surface area contributed by atoms with E-state index in [1.807, 2.05) is 61.5 Å². The van der Waals surface area contributed by atoms with E-state index in [0.29, 0.717) is 11.6 Å².